The fraction of sp³-hybridized carbons (Fsp3) is 0.0417. The van der Waals surface area contributed by atoms with Gasteiger partial charge in [0, 0.05) is 45.6 Å². The van der Waals surface area contributed by atoms with Crippen LogP contribution in [-0.2, 0) is 0 Å². The normalized spacial score (nSPS) is 14.4. The minimum atomic E-state index is 0.841. The second-order valence-corrected chi connectivity index (χ2v) is 6.54. The Bertz CT molecular complexity index is 1210. The molecule has 0 bridgehead atoms. The van der Waals surface area contributed by atoms with Crippen LogP contribution >= 0.6 is 0 Å². The van der Waals surface area contributed by atoms with E-state index in [0.717, 1.165) is 44.8 Å². The van der Waals surface area contributed by atoms with Gasteiger partial charge < -0.3 is 9.72 Å². The molecule has 4 aromatic rings. The molecule has 0 fully saturated rings. The highest BCUT2D eigenvalue weighted by molar-refractivity contribution is 6.27. The third-order valence-electron chi connectivity index (χ3n) is 5.01. The zero-order valence-electron chi connectivity index (χ0n) is 14.9. The van der Waals surface area contributed by atoms with Crippen LogP contribution in [0.15, 0.2) is 84.0 Å². The SMILES string of the molecule is COc1cccc(/C(=C2/C=Nc3ccccc32)c2c[nH]c3ccccc23)c1. The van der Waals surface area contributed by atoms with Gasteiger partial charge in [0.1, 0.15) is 5.75 Å². The highest BCUT2D eigenvalue weighted by atomic mass is 16.5. The van der Waals surface area contributed by atoms with E-state index in [1.54, 1.807) is 7.11 Å². The summed E-state index contributed by atoms with van der Waals surface area (Å²) in [6, 6.07) is 24.9. The number of methoxy groups -OCH3 is 1. The third kappa shape index (κ3) is 2.56. The molecular formula is C24H18N2O. The number of hydrogen-bond acceptors (Lipinski definition) is 2. The number of ether oxygens (including phenoxy) is 1. The van der Waals surface area contributed by atoms with Gasteiger partial charge in [0.25, 0.3) is 0 Å². The maximum atomic E-state index is 5.48. The molecule has 0 amide bonds. The van der Waals surface area contributed by atoms with Crippen molar-refractivity contribution in [1.29, 1.82) is 0 Å². The topological polar surface area (TPSA) is 37.4 Å². The van der Waals surface area contributed by atoms with E-state index in [1.807, 2.05) is 30.5 Å². The van der Waals surface area contributed by atoms with Crippen LogP contribution in [-0.4, -0.2) is 18.3 Å². The summed E-state index contributed by atoms with van der Waals surface area (Å²) in [5.74, 6) is 0.841. The number of allylic oxidation sites excluding steroid dienone is 1. The van der Waals surface area contributed by atoms with E-state index in [4.69, 9.17) is 4.74 Å². The Labute approximate surface area is 157 Å². The lowest BCUT2D eigenvalue weighted by Gasteiger charge is -2.13. The van der Waals surface area contributed by atoms with Gasteiger partial charge in [-0.05, 0) is 29.8 Å². The van der Waals surface area contributed by atoms with E-state index < -0.39 is 0 Å². The summed E-state index contributed by atoms with van der Waals surface area (Å²) in [5.41, 5.74) is 7.84. The number of H-pyrrole nitrogens is 1. The van der Waals surface area contributed by atoms with Gasteiger partial charge in [-0.1, -0.05) is 48.5 Å². The fourth-order valence-electron chi connectivity index (χ4n) is 3.73. The maximum absolute atomic E-state index is 5.48. The van der Waals surface area contributed by atoms with Crippen molar-refractivity contribution in [3.63, 3.8) is 0 Å². The first-order valence-corrected chi connectivity index (χ1v) is 8.94. The number of nitrogens with zero attached hydrogens (tertiary/aromatic N) is 1. The minimum absolute atomic E-state index is 0.841. The van der Waals surface area contributed by atoms with Gasteiger partial charge >= 0.3 is 0 Å². The number of aliphatic imine (C=N–C) groups is 1. The van der Waals surface area contributed by atoms with Gasteiger partial charge in [0.05, 0.1) is 12.8 Å². The predicted molar refractivity (Wildman–Crippen MR) is 112 cm³/mol. The summed E-state index contributed by atoms with van der Waals surface area (Å²) in [5, 5.41) is 1.20. The fourth-order valence-corrected chi connectivity index (χ4v) is 3.73. The second-order valence-electron chi connectivity index (χ2n) is 6.54. The summed E-state index contributed by atoms with van der Waals surface area (Å²) in [6.45, 7) is 0. The van der Waals surface area contributed by atoms with Crippen molar-refractivity contribution < 1.29 is 4.74 Å². The minimum Gasteiger partial charge on any atom is -0.497 e. The molecule has 27 heavy (non-hydrogen) atoms. The van der Waals surface area contributed by atoms with Crippen molar-refractivity contribution in [2.75, 3.05) is 7.11 Å². The molecule has 1 aromatic heterocycles. The number of fused-ring (bicyclic) bond motifs is 2. The van der Waals surface area contributed by atoms with E-state index in [1.165, 1.54) is 5.39 Å². The lowest BCUT2D eigenvalue weighted by molar-refractivity contribution is 0.414. The predicted octanol–water partition coefficient (Wildman–Crippen LogP) is 5.85. The van der Waals surface area contributed by atoms with Crippen LogP contribution < -0.4 is 4.74 Å². The first kappa shape index (κ1) is 15.6. The average molecular weight is 350 g/mol. The van der Waals surface area contributed by atoms with Crippen molar-refractivity contribution >= 4 is 34.0 Å². The zero-order chi connectivity index (χ0) is 18.2. The van der Waals surface area contributed by atoms with Crippen LogP contribution in [0.25, 0.3) is 22.0 Å². The molecule has 3 nitrogen and oxygen atoms in total. The summed E-state index contributed by atoms with van der Waals surface area (Å²) < 4.78 is 5.48. The van der Waals surface area contributed by atoms with Crippen LogP contribution in [0.4, 0.5) is 5.69 Å². The van der Waals surface area contributed by atoms with Gasteiger partial charge in [-0.15, -0.1) is 0 Å². The summed E-state index contributed by atoms with van der Waals surface area (Å²) in [6.07, 6.45) is 4.06. The largest absolute Gasteiger partial charge is 0.497 e. The van der Waals surface area contributed by atoms with Crippen LogP contribution in [0.5, 0.6) is 5.75 Å². The molecule has 0 atom stereocenters. The summed E-state index contributed by atoms with van der Waals surface area (Å²) >= 11 is 0. The van der Waals surface area contributed by atoms with Crippen molar-refractivity contribution in [3.8, 4) is 5.75 Å². The van der Waals surface area contributed by atoms with Gasteiger partial charge in [-0.2, -0.15) is 0 Å². The van der Waals surface area contributed by atoms with Gasteiger partial charge in [-0.3, -0.25) is 4.99 Å². The quantitative estimate of drug-likeness (QED) is 0.494. The van der Waals surface area contributed by atoms with Crippen LogP contribution in [0.1, 0.15) is 16.7 Å². The molecule has 1 N–H and O–H groups in total. The van der Waals surface area contributed by atoms with E-state index >= 15 is 0 Å². The van der Waals surface area contributed by atoms with Gasteiger partial charge in [0.15, 0.2) is 0 Å². The number of hydrogen-bond donors (Lipinski definition) is 1. The molecule has 1 aliphatic rings. The van der Waals surface area contributed by atoms with E-state index in [0.29, 0.717) is 0 Å². The number of aromatic nitrogens is 1. The van der Waals surface area contributed by atoms with Crippen molar-refractivity contribution in [2.45, 2.75) is 0 Å². The first-order valence-electron chi connectivity index (χ1n) is 8.94. The van der Waals surface area contributed by atoms with Crippen LogP contribution in [0.2, 0.25) is 0 Å². The zero-order valence-corrected chi connectivity index (χ0v) is 14.9. The third-order valence-corrected chi connectivity index (χ3v) is 5.01. The Balaban J connectivity index is 1.84. The van der Waals surface area contributed by atoms with Crippen molar-refractivity contribution in [2.24, 2.45) is 4.99 Å². The highest BCUT2D eigenvalue weighted by Gasteiger charge is 2.21. The standard InChI is InChI=1S/C24H18N2O/c1-27-17-8-6-7-16(13-17)24(20-14-25-22-11-4-2-9-18(20)22)21-15-26-23-12-5-3-10-19(21)23/h2-15,25H,1H3/b24-21+. The molecule has 5 rings (SSSR count). The molecule has 130 valence electrons. The number of benzene rings is 3. The van der Waals surface area contributed by atoms with Crippen molar-refractivity contribution in [1.82, 2.24) is 4.98 Å². The van der Waals surface area contributed by atoms with E-state index in [2.05, 4.69) is 64.7 Å². The average Bonchev–Trinajstić information content (AvgIpc) is 3.34. The first-order chi connectivity index (χ1) is 13.3. The number of rotatable bonds is 3. The van der Waals surface area contributed by atoms with Gasteiger partial charge in [-0.25, -0.2) is 0 Å². The Morgan fingerprint density at radius 2 is 1.78 bits per heavy atom. The molecule has 3 aromatic carbocycles. The van der Waals surface area contributed by atoms with Gasteiger partial charge in [0.2, 0.25) is 0 Å². The molecule has 1 aliphatic heterocycles. The Kier molecular flexibility index (Phi) is 3.65. The Morgan fingerprint density at radius 1 is 0.926 bits per heavy atom. The molecule has 0 saturated heterocycles. The maximum Gasteiger partial charge on any atom is 0.119 e. The molecule has 2 heterocycles. The number of nitrogens with one attached hydrogen (secondary N) is 1. The molecular weight excluding hydrogens is 332 g/mol. The smallest absolute Gasteiger partial charge is 0.119 e. The number of aromatic amines is 1. The molecule has 3 heteroatoms. The lowest BCUT2D eigenvalue weighted by Crippen LogP contribution is -1.94. The monoisotopic (exact) mass is 350 g/mol. The lowest BCUT2D eigenvalue weighted by atomic mass is 9.90. The molecule has 0 unspecified atom stereocenters. The molecule has 0 aliphatic carbocycles. The molecule has 0 radical (unpaired) electrons. The Morgan fingerprint density at radius 3 is 2.70 bits per heavy atom. The molecule has 0 spiro atoms. The highest BCUT2D eigenvalue weighted by Crippen LogP contribution is 2.41. The van der Waals surface area contributed by atoms with Crippen LogP contribution in [0.3, 0.4) is 0 Å². The van der Waals surface area contributed by atoms with E-state index in [9.17, 15) is 0 Å². The number of para-hydroxylation sites is 2. The van der Waals surface area contributed by atoms with Crippen molar-refractivity contribution in [3.05, 3.63) is 95.7 Å². The van der Waals surface area contributed by atoms with E-state index in [-0.39, 0.29) is 0 Å². The molecule has 0 saturated carbocycles. The summed E-state index contributed by atoms with van der Waals surface area (Å²) in [7, 11) is 1.70. The van der Waals surface area contributed by atoms with Crippen LogP contribution in [0, 0.1) is 0 Å². The summed E-state index contributed by atoms with van der Waals surface area (Å²) in [4.78, 5) is 8.04. The second kappa shape index (κ2) is 6.29. The Hall–Kier alpha value is -3.59.